The Bertz CT molecular complexity index is 351. The number of benzene rings is 1. The number of methoxy groups -OCH3 is 1. The van der Waals surface area contributed by atoms with Gasteiger partial charge in [0.25, 0.3) is 0 Å². The second kappa shape index (κ2) is 4.13. The molecular weight excluding hydrogens is 238 g/mol. The molecule has 1 aromatic carbocycles. The molecule has 0 unspecified atom stereocenters. The third-order valence-electron chi connectivity index (χ3n) is 1.46. The molecule has 0 aliphatic heterocycles. The highest BCUT2D eigenvalue weighted by molar-refractivity contribution is 9.10. The van der Waals surface area contributed by atoms with Crippen LogP contribution in [0.15, 0.2) is 27.8 Å². The van der Waals surface area contributed by atoms with Gasteiger partial charge < -0.3 is 4.74 Å². The molecule has 68 valence electrons. The van der Waals surface area contributed by atoms with Gasteiger partial charge in [-0.3, -0.25) is 0 Å². The highest BCUT2D eigenvalue weighted by Crippen LogP contribution is 2.23. The first-order valence-electron chi connectivity index (χ1n) is 3.40. The summed E-state index contributed by atoms with van der Waals surface area (Å²) in [5, 5.41) is 2.71. The van der Waals surface area contributed by atoms with E-state index in [2.05, 4.69) is 25.8 Å². The molecule has 5 heteroatoms. The van der Waals surface area contributed by atoms with Gasteiger partial charge in [-0.05, 0) is 39.3 Å². The summed E-state index contributed by atoms with van der Waals surface area (Å²) in [5.74, 6) is -0.502. The van der Waals surface area contributed by atoms with E-state index in [1.54, 1.807) is 6.07 Å². The minimum atomic E-state index is -0.502. The van der Waals surface area contributed by atoms with Crippen molar-refractivity contribution in [1.82, 2.24) is 0 Å². The molecule has 0 bridgehead atoms. The van der Waals surface area contributed by atoms with Crippen LogP contribution in [0.3, 0.4) is 0 Å². The van der Waals surface area contributed by atoms with Crippen molar-refractivity contribution in [3.63, 3.8) is 0 Å². The zero-order valence-corrected chi connectivity index (χ0v) is 8.37. The number of ether oxygens (including phenoxy) is 1. The highest BCUT2D eigenvalue weighted by atomic mass is 79.9. The van der Waals surface area contributed by atoms with E-state index >= 15 is 0 Å². The van der Waals surface area contributed by atoms with Crippen molar-refractivity contribution in [3.05, 3.63) is 33.1 Å². The van der Waals surface area contributed by atoms with E-state index in [0.29, 0.717) is 10.0 Å². The van der Waals surface area contributed by atoms with Crippen LogP contribution in [0.25, 0.3) is 0 Å². The monoisotopic (exact) mass is 243 g/mol. The van der Waals surface area contributed by atoms with E-state index in [4.69, 9.17) is 0 Å². The molecule has 0 aliphatic carbocycles. The Morgan fingerprint density at radius 3 is 2.77 bits per heavy atom. The maximum atomic E-state index is 11.1. The predicted molar refractivity (Wildman–Crippen MR) is 50.9 cm³/mol. The van der Waals surface area contributed by atoms with E-state index < -0.39 is 5.97 Å². The van der Waals surface area contributed by atoms with E-state index in [-0.39, 0.29) is 5.69 Å². The Morgan fingerprint density at radius 2 is 2.23 bits per heavy atom. The first kappa shape index (κ1) is 9.85. The highest BCUT2D eigenvalue weighted by Gasteiger charge is 2.10. The second-order valence-electron chi connectivity index (χ2n) is 2.25. The van der Waals surface area contributed by atoms with Crippen LogP contribution < -0.4 is 0 Å². The fourth-order valence-corrected chi connectivity index (χ4v) is 1.24. The molecule has 0 saturated carbocycles. The van der Waals surface area contributed by atoms with Crippen LogP contribution in [0, 0.1) is 4.91 Å². The van der Waals surface area contributed by atoms with Gasteiger partial charge in [-0.1, -0.05) is 0 Å². The van der Waals surface area contributed by atoms with Crippen molar-refractivity contribution in [3.8, 4) is 0 Å². The molecule has 1 aromatic rings. The standard InChI is InChI=1S/C8H6BrNO3/c1-13-8(11)6-4-5(10-12)2-3-7(6)9/h2-4H,1H3. The number of carbonyl (C=O) groups excluding carboxylic acids is 1. The van der Waals surface area contributed by atoms with E-state index in [1.807, 2.05) is 0 Å². The van der Waals surface area contributed by atoms with Gasteiger partial charge in [0.2, 0.25) is 0 Å². The van der Waals surface area contributed by atoms with Crippen molar-refractivity contribution in [2.75, 3.05) is 7.11 Å². The summed E-state index contributed by atoms with van der Waals surface area (Å²) >= 11 is 3.16. The Morgan fingerprint density at radius 1 is 1.54 bits per heavy atom. The summed E-state index contributed by atoms with van der Waals surface area (Å²) in [6, 6.07) is 4.44. The van der Waals surface area contributed by atoms with E-state index in [0.717, 1.165) is 0 Å². The van der Waals surface area contributed by atoms with Crippen LogP contribution in [-0.4, -0.2) is 13.1 Å². The van der Waals surface area contributed by atoms with Crippen LogP contribution >= 0.6 is 15.9 Å². The number of hydrogen-bond acceptors (Lipinski definition) is 4. The number of nitroso groups, excluding NO2 is 1. The van der Waals surface area contributed by atoms with Gasteiger partial charge in [-0.2, -0.15) is 0 Å². The van der Waals surface area contributed by atoms with Crippen LogP contribution in [0.5, 0.6) is 0 Å². The fourth-order valence-electron chi connectivity index (χ4n) is 0.836. The Labute approximate surface area is 83.0 Å². The van der Waals surface area contributed by atoms with Gasteiger partial charge in [-0.25, -0.2) is 4.79 Å². The number of halogens is 1. The molecule has 0 atom stereocenters. The molecule has 4 nitrogen and oxygen atoms in total. The number of rotatable bonds is 2. The number of esters is 1. The predicted octanol–water partition coefficient (Wildman–Crippen LogP) is 2.63. The third-order valence-corrected chi connectivity index (χ3v) is 2.15. The summed E-state index contributed by atoms with van der Waals surface area (Å²) < 4.78 is 5.08. The lowest BCUT2D eigenvalue weighted by atomic mass is 10.2. The average molecular weight is 244 g/mol. The van der Waals surface area contributed by atoms with Gasteiger partial charge >= 0.3 is 5.97 Å². The topological polar surface area (TPSA) is 55.7 Å². The van der Waals surface area contributed by atoms with Crippen molar-refractivity contribution in [1.29, 1.82) is 0 Å². The van der Waals surface area contributed by atoms with Crippen molar-refractivity contribution in [2.24, 2.45) is 5.18 Å². The summed E-state index contributed by atoms with van der Waals surface area (Å²) in [6.45, 7) is 0. The molecule has 0 aromatic heterocycles. The molecule has 13 heavy (non-hydrogen) atoms. The largest absolute Gasteiger partial charge is 0.465 e. The van der Waals surface area contributed by atoms with Crippen molar-refractivity contribution >= 4 is 27.6 Å². The summed E-state index contributed by atoms with van der Waals surface area (Å²) in [5.41, 5.74) is 0.489. The molecule has 0 heterocycles. The van der Waals surface area contributed by atoms with E-state index in [9.17, 15) is 9.70 Å². The molecule has 0 fully saturated rings. The second-order valence-corrected chi connectivity index (χ2v) is 3.10. The maximum absolute atomic E-state index is 11.1. The quantitative estimate of drug-likeness (QED) is 0.593. The van der Waals surface area contributed by atoms with Gasteiger partial charge in [0.05, 0.1) is 12.7 Å². The first-order valence-corrected chi connectivity index (χ1v) is 4.19. The molecule has 0 radical (unpaired) electrons. The zero-order valence-electron chi connectivity index (χ0n) is 6.78. The molecule has 0 amide bonds. The van der Waals surface area contributed by atoms with Crippen LogP contribution in [-0.2, 0) is 4.74 Å². The van der Waals surface area contributed by atoms with Crippen LogP contribution in [0.2, 0.25) is 0 Å². The normalized spacial score (nSPS) is 9.38. The molecule has 1 rings (SSSR count). The number of nitrogens with zero attached hydrogens (tertiary/aromatic N) is 1. The molecule has 0 aliphatic rings. The minimum Gasteiger partial charge on any atom is -0.465 e. The Hall–Kier alpha value is -1.23. The van der Waals surface area contributed by atoms with Crippen molar-refractivity contribution < 1.29 is 9.53 Å². The van der Waals surface area contributed by atoms with E-state index in [1.165, 1.54) is 19.2 Å². The molecule has 0 N–H and O–H groups in total. The smallest absolute Gasteiger partial charge is 0.339 e. The van der Waals surface area contributed by atoms with Gasteiger partial charge in [-0.15, -0.1) is 4.91 Å². The zero-order chi connectivity index (χ0) is 9.84. The number of hydrogen-bond donors (Lipinski definition) is 0. The maximum Gasteiger partial charge on any atom is 0.339 e. The van der Waals surface area contributed by atoms with Crippen LogP contribution in [0.1, 0.15) is 10.4 Å². The first-order chi connectivity index (χ1) is 6.19. The summed E-state index contributed by atoms with van der Waals surface area (Å²) in [4.78, 5) is 21.3. The van der Waals surface area contributed by atoms with Crippen molar-refractivity contribution in [2.45, 2.75) is 0 Å². The molecule has 0 spiro atoms. The van der Waals surface area contributed by atoms with Gasteiger partial charge in [0.1, 0.15) is 5.69 Å². The Balaban J connectivity index is 3.18. The summed E-state index contributed by atoms with van der Waals surface area (Å²) in [6.07, 6.45) is 0. The SMILES string of the molecule is COC(=O)c1cc(N=O)ccc1Br. The lowest BCUT2D eigenvalue weighted by Crippen LogP contribution is -2.01. The molecular formula is C8H6BrNO3. The number of carbonyl (C=O) groups is 1. The lowest BCUT2D eigenvalue weighted by Gasteiger charge is -2.01. The minimum absolute atomic E-state index is 0.198. The average Bonchev–Trinajstić information content (AvgIpc) is 2.17. The third kappa shape index (κ3) is 2.12. The van der Waals surface area contributed by atoms with Gasteiger partial charge in [0.15, 0.2) is 0 Å². The summed E-state index contributed by atoms with van der Waals surface area (Å²) in [7, 11) is 1.27. The Kier molecular flexibility index (Phi) is 3.13. The molecule has 0 saturated heterocycles. The van der Waals surface area contributed by atoms with Gasteiger partial charge in [0, 0.05) is 4.47 Å². The van der Waals surface area contributed by atoms with Crippen LogP contribution in [0.4, 0.5) is 5.69 Å². The lowest BCUT2D eigenvalue weighted by molar-refractivity contribution is 0.0599. The fraction of sp³-hybridized carbons (Fsp3) is 0.125.